The summed E-state index contributed by atoms with van der Waals surface area (Å²) in [5, 5.41) is 22.4. The van der Waals surface area contributed by atoms with Crippen molar-refractivity contribution in [1.29, 1.82) is 0 Å². The van der Waals surface area contributed by atoms with Gasteiger partial charge < -0.3 is 15.2 Å². The first-order chi connectivity index (χ1) is 6.50. The molecule has 1 aromatic rings. The van der Waals surface area contributed by atoms with Gasteiger partial charge in [0.25, 0.3) is 0 Å². The highest BCUT2D eigenvalue weighted by Gasteiger charge is 2.16. The maximum absolute atomic E-state index is 10.5. The Bertz CT molecular complexity index is 360. The third kappa shape index (κ3) is 2.28. The predicted octanol–water partition coefficient (Wildman–Crippen LogP) is 0.512. The smallest absolute Gasteiger partial charge is 0.389 e. The van der Waals surface area contributed by atoms with Gasteiger partial charge in [-0.05, 0) is 4.92 Å². The number of rotatable bonds is 4. The van der Waals surface area contributed by atoms with Crippen LogP contribution in [0.2, 0.25) is 0 Å². The molecule has 0 saturated carbocycles. The number of carboxylic acids is 1. The van der Waals surface area contributed by atoms with Crippen molar-refractivity contribution >= 4 is 11.8 Å². The summed E-state index contributed by atoms with van der Waals surface area (Å²) in [5.74, 6) is -1.85. The molecule has 0 radical (unpaired) electrons. The molecular weight excluding hydrogens is 190 g/mol. The van der Waals surface area contributed by atoms with E-state index < -0.39 is 16.8 Å². The number of aromatic nitrogens is 2. The molecule has 0 spiro atoms. The van der Waals surface area contributed by atoms with Gasteiger partial charge in [0.15, 0.2) is 0 Å². The molecule has 1 N–H and O–H groups in total. The summed E-state index contributed by atoms with van der Waals surface area (Å²) in [4.78, 5) is 20.1. The van der Waals surface area contributed by atoms with Gasteiger partial charge in [0.2, 0.25) is 0 Å². The number of aliphatic carboxylic acids is 1. The van der Waals surface area contributed by atoms with Crippen LogP contribution >= 0.6 is 0 Å². The van der Waals surface area contributed by atoms with Crippen LogP contribution in [0.25, 0.3) is 0 Å². The molecule has 0 fully saturated rings. The molecule has 0 aliphatic heterocycles. The molecule has 1 atom stereocenters. The topological polar surface area (TPSA) is 98.3 Å². The summed E-state index contributed by atoms with van der Waals surface area (Å²) in [6.07, 6.45) is 1.39. The molecule has 1 unspecified atom stereocenters. The Hall–Kier alpha value is -1.92. The van der Waals surface area contributed by atoms with Gasteiger partial charge in [-0.1, -0.05) is 6.92 Å². The van der Waals surface area contributed by atoms with Gasteiger partial charge in [0, 0.05) is 0 Å². The zero-order chi connectivity index (χ0) is 10.7. The first-order valence-electron chi connectivity index (χ1n) is 3.91. The zero-order valence-corrected chi connectivity index (χ0v) is 7.45. The summed E-state index contributed by atoms with van der Waals surface area (Å²) in [6, 6.07) is 1.23. The van der Waals surface area contributed by atoms with E-state index in [-0.39, 0.29) is 12.4 Å². The van der Waals surface area contributed by atoms with Gasteiger partial charge in [-0.3, -0.25) is 4.79 Å². The fraction of sp³-hybridized carbons (Fsp3) is 0.429. The summed E-state index contributed by atoms with van der Waals surface area (Å²) in [5.41, 5.74) is 0. The van der Waals surface area contributed by atoms with E-state index in [4.69, 9.17) is 5.11 Å². The van der Waals surface area contributed by atoms with E-state index in [1.165, 1.54) is 23.9 Å². The molecule has 76 valence electrons. The molecule has 1 aromatic heterocycles. The first kappa shape index (κ1) is 10.2. The van der Waals surface area contributed by atoms with Crippen molar-refractivity contribution in [1.82, 2.24) is 9.78 Å². The molecular formula is C7H9N3O4. The molecule has 0 bridgehead atoms. The average molecular weight is 199 g/mol. The van der Waals surface area contributed by atoms with Crippen LogP contribution in [0.3, 0.4) is 0 Å². The highest BCUT2D eigenvalue weighted by atomic mass is 16.6. The number of nitro groups is 1. The second-order valence-corrected chi connectivity index (χ2v) is 2.89. The summed E-state index contributed by atoms with van der Waals surface area (Å²) >= 11 is 0. The predicted molar refractivity (Wildman–Crippen MR) is 45.7 cm³/mol. The molecule has 7 nitrogen and oxygen atoms in total. The lowest BCUT2D eigenvalue weighted by Crippen LogP contribution is -2.17. The van der Waals surface area contributed by atoms with E-state index in [2.05, 4.69) is 5.10 Å². The fourth-order valence-corrected chi connectivity index (χ4v) is 0.909. The van der Waals surface area contributed by atoms with Crippen molar-refractivity contribution in [3.05, 3.63) is 22.4 Å². The maximum Gasteiger partial charge on any atom is 0.389 e. The Morgan fingerprint density at radius 1 is 1.86 bits per heavy atom. The summed E-state index contributed by atoms with van der Waals surface area (Å²) < 4.78 is 1.25. The van der Waals surface area contributed by atoms with Crippen LogP contribution in [-0.2, 0) is 11.3 Å². The lowest BCUT2D eigenvalue weighted by molar-refractivity contribution is -0.389. The molecule has 0 saturated heterocycles. The van der Waals surface area contributed by atoms with Crippen molar-refractivity contribution in [2.45, 2.75) is 13.5 Å². The number of carbonyl (C=O) groups is 1. The number of carboxylic acid groups (broad SMARTS) is 1. The Labute approximate surface area is 79.1 Å². The highest BCUT2D eigenvalue weighted by molar-refractivity contribution is 5.69. The lowest BCUT2D eigenvalue weighted by Gasteiger charge is -2.01. The maximum atomic E-state index is 10.5. The third-order valence-corrected chi connectivity index (χ3v) is 1.70. The van der Waals surface area contributed by atoms with E-state index in [9.17, 15) is 14.9 Å². The van der Waals surface area contributed by atoms with Gasteiger partial charge in [-0.2, -0.15) is 4.68 Å². The largest absolute Gasteiger partial charge is 0.481 e. The second kappa shape index (κ2) is 3.86. The second-order valence-electron chi connectivity index (χ2n) is 2.89. The quantitative estimate of drug-likeness (QED) is 0.562. The Morgan fingerprint density at radius 3 is 2.93 bits per heavy atom. The van der Waals surface area contributed by atoms with Crippen LogP contribution in [0.4, 0.5) is 5.82 Å². The minimum Gasteiger partial charge on any atom is -0.481 e. The standard InChI is InChI=1S/C7H9N3O4/c1-5(7(11)12)4-9-3-2-6(8-9)10(13)14/h2-3,5H,4H2,1H3,(H,11,12). The van der Waals surface area contributed by atoms with Crippen LogP contribution in [0.5, 0.6) is 0 Å². The average Bonchev–Trinajstić information content (AvgIpc) is 2.52. The molecule has 0 amide bonds. The minimum absolute atomic E-state index is 0.128. The van der Waals surface area contributed by atoms with Gasteiger partial charge >= 0.3 is 11.8 Å². The number of nitrogens with zero attached hydrogens (tertiary/aromatic N) is 3. The Morgan fingerprint density at radius 2 is 2.50 bits per heavy atom. The monoisotopic (exact) mass is 199 g/mol. The van der Waals surface area contributed by atoms with Crippen LogP contribution in [0.15, 0.2) is 12.3 Å². The molecule has 0 aliphatic carbocycles. The number of hydrogen-bond donors (Lipinski definition) is 1. The normalized spacial score (nSPS) is 12.4. The van der Waals surface area contributed by atoms with Crippen molar-refractivity contribution in [2.24, 2.45) is 5.92 Å². The van der Waals surface area contributed by atoms with Gasteiger partial charge in [-0.25, -0.2) is 0 Å². The van der Waals surface area contributed by atoms with Crippen molar-refractivity contribution < 1.29 is 14.8 Å². The van der Waals surface area contributed by atoms with Crippen molar-refractivity contribution in [3.63, 3.8) is 0 Å². The number of hydrogen-bond acceptors (Lipinski definition) is 4. The first-order valence-corrected chi connectivity index (χ1v) is 3.91. The lowest BCUT2D eigenvalue weighted by atomic mass is 10.2. The van der Waals surface area contributed by atoms with Crippen LogP contribution in [-0.4, -0.2) is 25.8 Å². The van der Waals surface area contributed by atoms with Gasteiger partial charge in [0.1, 0.15) is 0 Å². The minimum atomic E-state index is -0.955. The van der Waals surface area contributed by atoms with E-state index in [0.29, 0.717) is 0 Å². The summed E-state index contributed by atoms with van der Waals surface area (Å²) in [6.45, 7) is 1.64. The van der Waals surface area contributed by atoms with Gasteiger partial charge in [0.05, 0.1) is 29.8 Å². The SMILES string of the molecule is CC(Cn1ccc([N+](=O)[O-])n1)C(=O)O. The molecule has 1 heterocycles. The van der Waals surface area contributed by atoms with Crippen molar-refractivity contribution in [2.75, 3.05) is 0 Å². The van der Waals surface area contributed by atoms with Crippen molar-refractivity contribution in [3.8, 4) is 0 Å². The van der Waals surface area contributed by atoms with Crippen LogP contribution < -0.4 is 0 Å². The fourth-order valence-electron chi connectivity index (χ4n) is 0.909. The summed E-state index contributed by atoms with van der Waals surface area (Å²) in [7, 11) is 0. The zero-order valence-electron chi connectivity index (χ0n) is 7.45. The van der Waals surface area contributed by atoms with E-state index in [1.807, 2.05) is 0 Å². The third-order valence-electron chi connectivity index (χ3n) is 1.70. The van der Waals surface area contributed by atoms with Gasteiger partial charge in [-0.15, -0.1) is 0 Å². The molecule has 0 aromatic carbocycles. The van der Waals surface area contributed by atoms with E-state index >= 15 is 0 Å². The van der Waals surface area contributed by atoms with Crippen LogP contribution in [0, 0.1) is 16.0 Å². The Kier molecular flexibility index (Phi) is 2.80. The molecule has 1 rings (SSSR count). The van der Waals surface area contributed by atoms with E-state index in [0.717, 1.165) is 0 Å². The van der Waals surface area contributed by atoms with E-state index in [1.54, 1.807) is 0 Å². The highest BCUT2D eigenvalue weighted by Crippen LogP contribution is 2.07. The van der Waals surface area contributed by atoms with Crippen LogP contribution in [0.1, 0.15) is 6.92 Å². The molecule has 14 heavy (non-hydrogen) atoms. The molecule has 0 aliphatic rings. The molecule has 7 heteroatoms. The Balaban J connectivity index is 2.69.